The highest BCUT2D eigenvalue weighted by atomic mass is 32.2. The molecular formula is C32H35N3O4S. The smallest absolute Gasteiger partial charge is 0.251 e. The quantitative estimate of drug-likeness (QED) is 0.565. The number of aliphatic hydroxyl groups excluding tert-OH is 1. The minimum absolute atomic E-state index is 0.0988. The summed E-state index contributed by atoms with van der Waals surface area (Å²) in [5, 5.41) is 10.1. The number of rotatable bonds is 5. The van der Waals surface area contributed by atoms with E-state index in [4.69, 9.17) is 0 Å². The van der Waals surface area contributed by atoms with Gasteiger partial charge in [-0.15, -0.1) is 11.8 Å². The number of carbonyl (C=O) groups is 3. The first-order chi connectivity index (χ1) is 19.3. The Balaban J connectivity index is 1.49. The number of nitrogens with zero attached hydrogens (tertiary/aromatic N) is 3. The molecule has 7 nitrogen and oxygen atoms in total. The molecule has 0 aromatic heterocycles. The van der Waals surface area contributed by atoms with Crippen LogP contribution >= 0.6 is 11.8 Å². The Kier molecular flexibility index (Phi) is 6.87. The molecule has 0 aliphatic carbocycles. The first-order valence-corrected chi connectivity index (χ1v) is 14.9. The molecule has 4 aliphatic rings. The van der Waals surface area contributed by atoms with Gasteiger partial charge in [0.05, 0.1) is 29.2 Å². The molecule has 2 saturated heterocycles. The van der Waals surface area contributed by atoms with Crippen LogP contribution in [0.2, 0.25) is 0 Å². The molecular weight excluding hydrogens is 522 g/mol. The monoisotopic (exact) mass is 557 g/mol. The van der Waals surface area contributed by atoms with E-state index in [9.17, 15) is 19.5 Å². The van der Waals surface area contributed by atoms with Crippen LogP contribution in [-0.4, -0.2) is 69.5 Å². The van der Waals surface area contributed by atoms with Gasteiger partial charge in [-0.2, -0.15) is 0 Å². The van der Waals surface area contributed by atoms with Crippen molar-refractivity contribution in [1.29, 1.82) is 0 Å². The second-order valence-corrected chi connectivity index (χ2v) is 12.6. The van der Waals surface area contributed by atoms with Crippen molar-refractivity contribution in [1.82, 2.24) is 4.90 Å². The van der Waals surface area contributed by atoms with Crippen LogP contribution in [0.1, 0.15) is 24.5 Å². The fraction of sp³-hybridized carbons (Fsp3) is 0.406. The van der Waals surface area contributed by atoms with Crippen LogP contribution in [0.5, 0.6) is 0 Å². The highest BCUT2D eigenvalue weighted by molar-refractivity contribution is 8.02. The van der Waals surface area contributed by atoms with E-state index in [2.05, 4.69) is 0 Å². The van der Waals surface area contributed by atoms with Crippen LogP contribution in [0.25, 0.3) is 0 Å². The Bertz CT molecular complexity index is 1380. The molecule has 1 unspecified atom stereocenters. The van der Waals surface area contributed by atoms with Gasteiger partial charge in [0.2, 0.25) is 11.8 Å². The van der Waals surface area contributed by atoms with Crippen LogP contribution in [0.15, 0.2) is 72.8 Å². The number of anilines is 2. The third-order valence-electron chi connectivity index (χ3n) is 8.95. The Labute approximate surface area is 239 Å². The lowest BCUT2D eigenvalue weighted by Gasteiger charge is -2.38. The van der Waals surface area contributed by atoms with Gasteiger partial charge in [-0.25, -0.2) is 0 Å². The van der Waals surface area contributed by atoms with Crippen molar-refractivity contribution in [3.63, 3.8) is 0 Å². The molecule has 6 atom stereocenters. The van der Waals surface area contributed by atoms with Crippen LogP contribution in [0.3, 0.4) is 0 Å². The zero-order valence-corrected chi connectivity index (χ0v) is 23.9. The summed E-state index contributed by atoms with van der Waals surface area (Å²) in [6, 6.07) is 14.2. The van der Waals surface area contributed by atoms with Gasteiger partial charge in [0.15, 0.2) is 0 Å². The van der Waals surface area contributed by atoms with Crippen LogP contribution in [0.4, 0.5) is 11.4 Å². The zero-order chi connectivity index (χ0) is 28.2. The molecule has 3 amide bonds. The number of thioether (sulfide) groups is 1. The van der Waals surface area contributed by atoms with Crippen molar-refractivity contribution < 1.29 is 19.5 Å². The van der Waals surface area contributed by atoms with E-state index in [1.807, 2.05) is 93.6 Å². The van der Waals surface area contributed by atoms with E-state index in [0.717, 1.165) is 22.5 Å². The maximum atomic E-state index is 14.7. The lowest BCUT2D eigenvalue weighted by Crippen LogP contribution is -2.56. The minimum atomic E-state index is -0.920. The fourth-order valence-corrected chi connectivity index (χ4v) is 9.15. The number of fused-ring (bicyclic) bond motifs is 2. The maximum Gasteiger partial charge on any atom is 0.251 e. The van der Waals surface area contributed by atoms with Gasteiger partial charge in [-0.05, 0) is 43.5 Å². The van der Waals surface area contributed by atoms with Crippen LogP contribution in [0, 0.1) is 25.7 Å². The van der Waals surface area contributed by atoms with Crippen LogP contribution in [-0.2, 0) is 14.4 Å². The van der Waals surface area contributed by atoms with E-state index in [1.54, 1.807) is 26.5 Å². The summed E-state index contributed by atoms with van der Waals surface area (Å²) >= 11 is 1.57. The largest absolute Gasteiger partial charge is 0.394 e. The number of hydrogen-bond acceptors (Lipinski definition) is 5. The zero-order valence-electron chi connectivity index (χ0n) is 23.1. The molecule has 208 valence electrons. The highest BCUT2D eigenvalue weighted by Crippen LogP contribution is 2.61. The van der Waals surface area contributed by atoms with E-state index < -0.39 is 28.7 Å². The summed E-state index contributed by atoms with van der Waals surface area (Å²) in [4.78, 5) is 48.6. The van der Waals surface area contributed by atoms with Gasteiger partial charge >= 0.3 is 0 Å². The number of benzene rings is 2. The van der Waals surface area contributed by atoms with Crippen molar-refractivity contribution in [2.24, 2.45) is 11.8 Å². The summed E-state index contributed by atoms with van der Waals surface area (Å²) in [5.74, 6) is -1.82. The average molecular weight is 558 g/mol. The molecule has 4 heterocycles. The summed E-state index contributed by atoms with van der Waals surface area (Å²) in [6.07, 6.45) is 8.58. The number of amides is 3. The number of aliphatic hydroxyl groups is 1. The Morgan fingerprint density at radius 3 is 2.30 bits per heavy atom. The second-order valence-electron chi connectivity index (χ2n) is 11.1. The summed E-state index contributed by atoms with van der Waals surface area (Å²) in [5.41, 5.74) is 3.61. The van der Waals surface area contributed by atoms with Crippen molar-refractivity contribution in [3.05, 3.63) is 84.0 Å². The van der Waals surface area contributed by atoms with E-state index >= 15 is 0 Å². The summed E-state index contributed by atoms with van der Waals surface area (Å²) in [6.45, 7) is 6.47. The molecule has 2 aromatic carbocycles. The highest BCUT2D eigenvalue weighted by Gasteiger charge is 2.71. The molecule has 2 aromatic rings. The number of hydrogen-bond donors (Lipinski definition) is 1. The molecule has 0 bridgehead atoms. The van der Waals surface area contributed by atoms with Gasteiger partial charge < -0.3 is 19.8 Å². The number of para-hydroxylation sites is 2. The molecule has 1 spiro atoms. The molecule has 0 radical (unpaired) electrons. The third-order valence-corrected chi connectivity index (χ3v) is 10.7. The topological polar surface area (TPSA) is 81.2 Å². The first kappa shape index (κ1) is 26.8. The predicted octanol–water partition coefficient (Wildman–Crippen LogP) is 3.88. The van der Waals surface area contributed by atoms with E-state index in [1.165, 1.54) is 0 Å². The van der Waals surface area contributed by atoms with Crippen molar-refractivity contribution in [2.45, 2.75) is 49.3 Å². The Morgan fingerprint density at radius 2 is 1.62 bits per heavy atom. The van der Waals surface area contributed by atoms with E-state index in [0.29, 0.717) is 19.5 Å². The normalized spacial score (nSPS) is 30.2. The summed E-state index contributed by atoms with van der Waals surface area (Å²) in [7, 11) is 0. The van der Waals surface area contributed by atoms with Gasteiger partial charge in [0, 0.05) is 29.7 Å². The fourth-order valence-electron chi connectivity index (χ4n) is 7.16. The number of likely N-dealkylation sites (tertiary alicyclic amines) is 1. The van der Waals surface area contributed by atoms with Gasteiger partial charge in [-0.1, -0.05) is 67.6 Å². The van der Waals surface area contributed by atoms with Crippen molar-refractivity contribution in [2.75, 3.05) is 29.5 Å². The predicted molar refractivity (Wildman–Crippen MR) is 158 cm³/mol. The van der Waals surface area contributed by atoms with Crippen molar-refractivity contribution in [3.8, 4) is 0 Å². The molecule has 1 N–H and O–H groups in total. The second kappa shape index (κ2) is 10.2. The summed E-state index contributed by atoms with van der Waals surface area (Å²) < 4.78 is -0.920. The molecule has 0 saturated carbocycles. The van der Waals surface area contributed by atoms with Gasteiger partial charge in [0.25, 0.3) is 5.91 Å². The standard InChI is InChI=1S/C32H35N3O4S/c1-4-22(19-36)35-28-31(39)34(27-20(2)11-8-12-21(27)3)18-10-16-32(28)26(30(35)38)25-24(40-32)15-9-17-33(29(25)37)23-13-6-5-7-14-23/h5-16,22,24-26,28,36H,4,17-19H2,1-3H3/t22-,24-,25+,26-,28?,32-/m0/s1. The number of carbonyl (C=O) groups excluding carboxylic acids is 3. The SMILES string of the molecule is CC[C@@H](CO)N1C(=O)[C@@H]2[C@@H]3C(=O)N(c4ccccc4)CC=C[C@@H]3S[C@@]23C=CCN(c2c(C)cccc2C)C(=O)C13. The molecule has 6 rings (SSSR count). The van der Waals surface area contributed by atoms with Crippen LogP contribution < -0.4 is 9.80 Å². The Hall–Kier alpha value is -3.36. The van der Waals surface area contributed by atoms with Gasteiger partial charge in [0.1, 0.15) is 6.04 Å². The maximum absolute atomic E-state index is 14.7. The molecule has 2 fully saturated rings. The molecule has 4 aliphatic heterocycles. The van der Waals surface area contributed by atoms with Crippen molar-refractivity contribution >= 4 is 40.9 Å². The number of aryl methyl sites for hydroxylation is 2. The van der Waals surface area contributed by atoms with Gasteiger partial charge in [-0.3, -0.25) is 14.4 Å². The average Bonchev–Trinajstić information content (AvgIpc) is 3.27. The lowest BCUT2D eigenvalue weighted by atomic mass is 9.78. The third kappa shape index (κ3) is 3.87. The lowest BCUT2D eigenvalue weighted by molar-refractivity contribution is -0.141. The minimum Gasteiger partial charge on any atom is -0.394 e. The first-order valence-electron chi connectivity index (χ1n) is 14.0. The molecule has 8 heteroatoms. The van der Waals surface area contributed by atoms with E-state index in [-0.39, 0.29) is 29.6 Å². The molecule has 40 heavy (non-hydrogen) atoms. The Morgan fingerprint density at radius 1 is 0.925 bits per heavy atom.